The second-order valence-electron chi connectivity index (χ2n) is 7.19. The molecule has 0 fully saturated rings. The number of hydrogen-bond acceptors (Lipinski definition) is 5. The summed E-state index contributed by atoms with van der Waals surface area (Å²) in [5, 5.41) is 3.67. The van der Waals surface area contributed by atoms with Gasteiger partial charge in [-0.3, -0.25) is 9.59 Å². The Morgan fingerprint density at radius 1 is 0.903 bits per heavy atom. The molecular formula is C24H17ClN2O4. The maximum absolute atomic E-state index is 13.5. The van der Waals surface area contributed by atoms with Crippen molar-refractivity contribution in [2.24, 2.45) is 0 Å². The molecule has 154 valence electrons. The maximum Gasteiger partial charge on any atom is 0.282 e. The number of hydrogen-bond donors (Lipinski definition) is 1. The largest absolute Gasteiger partial charge is 0.454 e. The Morgan fingerprint density at radius 2 is 1.68 bits per heavy atom. The molecule has 2 aliphatic rings. The third-order valence-electron chi connectivity index (χ3n) is 5.19. The van der Waals surface area contributed by atoms with E-state index in [1.807, 2.05) is 25.1 Å². The van der Waals surface area contributed by atoms with Gasteiger partial charge >= 0.3 is 0 Å². The molecule has 3 aromatic carbocycles. The van der Waals surface area contributed by atoms with E-state index in [0.717, 1.165) is 5.56 Å². The van der Waals surface area contributed by atoms with Gasteiger partial charge in [0.15, 0.2) is 11.5 Å². The van der Waals surface area contributed by atoms with Crippen molar-refractivity contribution >= 4 is 40.4 Å². The van der Waals surface area contributed by atoms with Crippen LogP contribution in [0.25, 0.3) is 5.57 Å². The molecule has 0 spiro atoms. The van der Waals surface area contributed by atoms with Crippen LogP contribution in [0.1, 0.15) is 11.1 Å². The molecule has 2 amide bonds. The van der Waals surface area contributed by atoms with Gasteiger partial charge in [-0.05, 0) is 48.4 Å². The van der Waals surface area contributed by atoms with Crippen molar-refractivity contribution in [1.82, 2.24) is 0 Å². The van der Waals surface area contributed by atoms with Gasteiger partial charge in [0.05, 0.1) is 11.3 Å². The Hall–Kier alpha value is -3.77. The van der Waals surface area contributed by atoms with Crippen molar-refractivity contribution in [3.63, 3.8) is 0 Å². The number of ether oxygens (including phenoxy) is 2. The molecule has 2 aliphatic heterocycles. The van der Waals surface area contributed by atoms with Crippen LogP contribution in [0.15, 0.2) is 72.4 Å². The third kappa shape index (κ3) is 3.31. The van der Waals surface area contributed by atoms with Gasteiger partial charge in [0, 0.05) is 16.8 Å². The fraction of sp³-hybridized carbons (Fsp3) is 0.0833. The molecule has 0 saturated carbocycles. The van der Waals surface area contributed by atoms with Crippen molar-refractivity contribution in [2.75, 3.05) is 17.0 Å². The summed E-state index contributed by atoms with van der Waals surface area (Å²) < 4.78 is 10.8. The first-order valence-corrected chi connectivity index (χ1v) is 10.0. The molecule has 0 aromatic heterocycles. The Morgan fingerprint density at radius 3 is 2.45 bits per heavy atom. The van der Waals surface area contributed by atoms with Crippen LogP contribution >= 0.6 is 11.6 Å². The Bertz CT molecular complexity index is 1250. The lowest BCUT2D eigenvalue weighted by atomic mass is 10.0. The van der Waals surface area contributed by atoms with Gasteiger partial charge in [-0.1, -0.05) is 41.9 Å². The smallest absolute Gasteiger partial charge is 0.282 e. The predicted octanol–water partition coefficient (Wildman–Crippen LogP) is 4.77. The first-order valence-electron chi connectivity index (χ1n) is 9.64. The first-order chi connectivity index (χ1) is 15.0. The lowest BCUT2D eigenvalue weighted by molar-refractivity contribution is -0.120. The molecule has 0 aliphatic carbocycles. The molecule has 2 heterocycles. The highest BCUT2D eigenvalue weighted by molar-refractivity contribution is 6.46. The van der Waals surface area contributed by atoms with Gasteiger partial charge < -0.3 is 14.8 Å². The third-order valence-corrected chi connectivity index (χ3v) is 5.42. The van der Waals surface area contributed by atoms with Gasteiger partial charge in [-0.25, -0.2) is 4.90 Å². The van der Waals surface area contributed by atoms with E-state index in [9.17, 15) is 9.59 Å². The Kier molecular flexibility index (Phi) is 4.64. The summed E-state index contributed by atoms with van der Waals surface area (Å²) >= 11 is 6.07. The number of halogens is 1. The lowest BCUT2D eigenvalue weighted by Crippen LogP contribution is -2.33. The van der Waals surface area contributed by atoms with Crippen LogP contribution < -0.4 is 19.7 Å². The van der Waals surface area contributed by atoms with Crippen LogP contribution in [0.3, 0.4) is 0 Å². The summed E-state index contributed by atoms with van der Waals surface area (Å²) in [6.07, 6.45) is 0. The molecule has 0 bridgehead atoms. The molecule has 0 saturated heterocycles. The minimum atomic E-state index is -0.438. The van der Waals surface area contributed by atoms with Gasteiger partial charge in [0.2, 0.25) is 6.79 Å². The zero-order valence-electron chi connectivity index (χ0n) is 16.5. The van der Waals surface area contributed by atoms with Crippen LogP contribution in [-0.2, 0) is 9.59 Å². The number of benzene rings is 3. The monoisotopic (exact) mass is 432 g/mol. The van der Waals surface area contributed by atoms with E-state index in [1.165, 1.54) is 4.90 Å². The molecule has 6 nitrogen and oxygen atoms in total. The lowest BCUT2D eigenvalue weighted by Gasteiger charge is -2.18. The number of nitrogens with zero attached hydrogens (tertiary/aromatic N) is 1. The summed E-state index contributed by atoms with van der Waals surface area (Å²) in [6.45, 7) is 1.96. The van der Waals surface area contributed by atoms with Gasteiger partial charge in [0.25, 0.3) is 11.8 Å². The quantitative estimate of drug-likeness (QED) is 0.601. The first kappa shape index (κ1) is 19.2. The van der Waals surface area contributed by atoms with E-state index < -0.39 is 11.8 Å². The highest BCUT2D eigenvalue weighted by atomic mass is 35.5. The molecule has 31 heavy (non-hydrogen) atoms. The molecule has 5 rings (SSSR count). The number of anilines is 2. The molecule has 7 heteroatoms. The minimum Gasteiger partial charge on any atom is -0.454 e. The van der Waals surface area contributed by atoms with E-state index in [1.54, 1.807) is 48.5 Å². The molecule has 0 atom stereocenters. The van der Waals surface area contributed by atoms with Crippen LogP contribution in [-0.4, -0.2) is 18.6 Å². The number of carbonyl (C=O) groups is 2. The average molecular weight is 433 g/mol. The van der Waals surface area contributed by atoms with Crippen molar-refractivity contribution < 1.29 is 19.1 Å². The number of rotatable bonds is 4. The second kappa shape index (κ2) is 7.49. The fourth-order valence-corrected chi connectivity index (χ4v) is 3.95. The van der Waals surface area contributed by atoms with E-state index in [4.69, 9.17) is 21.1 Å². The second-order valence-corrected chi connectivity index (χ2v) is 7.62. The van der Waals surface area contributed by atoms with Gasteiger partial charge in [0.1, 0.15) is 5.70 Å². The summed E-state index contributed by atoms with van der Waals surface area (Å²) in [7, 11) is 0. The van der Waals surface area contributed by atoms with Gasteiger partial charge in [-0.15, -0.1) is 0 Å². The zero-order chi connectivity index (χ0) is 21.5. The highest BCUT2D eigenvalue weighted by Gasteiger charge is 2.40. The Labute approximate surface area is 183 Å². The topological polar surface area (TPSA) is 67.9 Å². The van der Waals surface area contributed by atoms with E-state index >= 15 is 0 Å². The highest BCUT2D eigenvalue weighted by Crippen LogP contribution is 2.38. The van der Waals surface area contributed by atoms with Crippen LogP contribution in [0.4, 0.5) is 11.4 Å². The average Bonchev–Trinajstić information content (AvgIpc) is 3.32. The standard InChI is InChI=1S/C24H17ClN2O4/c1-14-11-16(25)7-9-18(14)27-23(28)21(15-5-3-2-4-6-15)22(24(27)29)26-17-8-10-19-20(12-17)31-13-30-19/h2-12,26H,13H2,1H3. The van der Waals surface area contributed by atoms with Gasteiger partial charge in [-0.2, -0.15) is 0 Å². The van der Waals surface area contributed by atoms with E-state index in [0.29, 0.717) is 39.0 Å². The van der Waals surface area contributed by atoms with Crippen LogP contribution in [0.5, 0.6) is 11.5 Å². The van der Waals surface area contributed by atoms with E-state index in [-0.39, 0.29) is 12.5 Å². The molecule has 3 aromatic rings. The molecule has 0 radical (unpaired) electrons. The molecule has 0 unspecified atom stereocenters. The summed E-state index contributed by atoms with van der Waals surface area (Å²) in [5.41, 5.74) is 2.99. The number of imide groups is 1. The fourth-order valence-electron chi connectivity index (χ4n) is 3.73. The van der Waals surface area contributed by atoms with Crippen molar-refractivity contribution in [2.45, 2.75) is 6.92 Å². The van der Waals surface area contributed by atoms with Crippen molar-refractivity contribution in [3.05, 3.63) is 88.6 Å². The number of amides is 2. The maximum atomic E-state index is 13.5. The summed E-state index contributed by atoms with van der Waals surface area (Å²) in [6, 6.07) is 19.5. The minimum absolute atomic E-state index is 0.151. The number of aryl methyl sites for hydroxylation is 1. The summed E-state index contributed by atoms with van der Waals surface area (Å²) in [4.78, 5) is 28.1. The zero-order valence-corrected chi connectivity index (χ0v) is 17.3. The molecular weight excluding hydrogens is 416 g/mol. The van der Waals surface area contributed by atoms with Crippen molar-refractivity contribution in [3.8, 4) is 11.5 Å². The van der Waals surface area contributed by atoms with Crippen LogP contribution in [0, 0.1) is 6.92 Å². The number of carbonyl (C=O) groups excluding carboxylic acids is 2. The predicted molar refractivity (Wildman–Crippen MR) is 118 cm³/mol. The SMILES string of the molecule is Cc1cc(Cl)ccc1N1C(=O)C(Nc2ccc3c(c2)OCO3)=C(c2ccccc2)C1=O. The molecule has 1 N–H and O–H groups in total. The normalized spacial score (nSPS) is 15.1. The number of fused-ring (bicyclic) bond motifs is 1. The van der Waals surface area contributed by atoms with Crippen LogP contribution in [0.2, 0.25) is 5.02 Å². The Balaban J connectivity index is 1.60. The summed E-state index contributed by atoms with van der Waals surface area (Å²) in [5.74, 6) is 0.376. The van der Waals surface area contributed by atoms with Crippen molar-refractivity contribution in [1.29, 1.82) is 0 Å². The number of nitrogens with one attached hydrogen (secondary N) is 1. The van der Waals surface area contributed by atoms with E-state index in [2.05, 4.69) is 5.32 Å².